The van der Waals surface area contributed by atoms with E-state index in [0.29, 0.717) is 10.5 Å². The fourth-order valence-corrected chi connectivity index (χ4v) is 3.29. The minimum Gasteiger partial charge on any atom is -0.374 e. The highest BCUT2D eigenvalue weighted by Crippen LogP contribution is 2.39. The molecule has 20 heavy (non-hydrogen) atoms. The van der Waals surface area contributed by atoms with Crippen molar-refractivity contribution in [1.82, 2.24) is 10.2 Å². The Morgan fingerprint density at radius 2 is 2.25 bits per heavy atom. The summed E-state index contributed by atoms with van der Waals surface area (Å²) in [6.07, 6.45) is 2.58. The Balaban J connectivity index is 1.91. The van der Waals surface area contributed by atoms with Gasteiger partial charge < -0.3 is 10.1 Å². The number of likely N-dealkylation sites (N-methyl/N-ethyl adjacent to an activating group) is 1. The summed E-state index contributed by atoms with van der Waals surface area (Å²) in [7, 11) is 1.93. The molecule has 1 saturated carbocycles. The Morgan fingerprint density at radius 1 is 1.45 bits per heavy atom. The second-order valence-electron chi connectivity index (χ2n) is 5.55. The molecule has 110 valence electrons. The number of nitrogens with zero attached hydrogens (tertiary/aromatic N) is 1. The predicted octanol–water partition coefficient (Wildman–Crippen LogP) is 2.71. The minimum absolute atomic E-state index is 0.0786. The van der Waals surface area contributed by atoms with Gasteiger partial charge in [0.25, 0.3) is 0 Å². The standard InChI is InChI=1S/C15H20BrFN2O/c1-18-9-14-15(10-2-5-12(16)13(17)8-10)19(6-7-20-14)11-3-4-11/h2,5,8,11,14-15,18H,3-4,6-7,9H2,1H3. The Kier molecular flexibility index (Phi) is 4.40. The molecular formula is C15H20BrFN2O. The normalized spacial score (nSPS) is 27.8. The molecule has 1 saturated heterocycles. The fraction of sp³-hybridized carbons (Fsp3) is 0.600. The zero-order valence-electron chi connectivity index (χ0n) is 11.6. The molecule has 2 unspecified atom stereocenters. The van der Waals surface area contributed by atoms with Gasteiger partial charge >= 0.3 is 0 Å². The van der Waals surface area contributed by atoms with Crippen molar-refractivity contribution < 1.29 is 9.13 Å². The summed E-state index contributed by atoms with van der Waals surface area (Å²) in [5.41, 5.74) is 1.01. The first-order chi connectivity index (χ1) is 9.70. The summed E-state index contributed by atoms with van der Waals surface area (Å²) in [4.78, 5) is 2.49. The van der Waals surface area contributed by atoms with Crippen LogP contribution in [-0.4, -0.2) is 43.8 Å². The lowest BCUT2D eigenvalue weighted by molar-refractivity contribution is -0.0740. The van der Waals surface area contributed by atoms with Crippen molar-refractivity contribution in [3.8, 4) is 0 Å². The Hall–Kier alpha value is -0.490. The van der Waals surface area contributed by atoms with E-state index in [-0.39, 0.29) is 18.0 Å². The zero-order chi connectivity index (χ0) is 14.1. The number of hydrogen-bond donors (Lipinski definition) is 1. The second kappa shape index (κ2) is 6.10. The number of halogens is 2. The first kappa shape index (κ1) is 14.4. The molecule has 0 bridgehead atoms. The van der Waals surface area contributed by atoms with E-state index in [4.69, 9.17) is 4.74 Å². The summed E-state index contributed by atoms with van der Waals surface area (Å²) in [5, 5.41) is 3.19. The molecule has 2 atom stereocenters. The smallest absolute Gasteiger partial charge is 0.137 e. The van der Waals surface area contributed by atoms with Crippen molar-refractivity contribution in [3.63, 3.8) is 0 Å². The van der Waals surface area contributed by atoms with Crippen LogP contribution in [0.5, 0.6) is 0 Å². The fourth-order valence-electron chi connectivity index (χ4n) is 3.04. The van der Waals surface area contributed by atoms with E-state index in [1.54, 1.807) is 12.1 Å². The minimum atomic E-state index is -0.202. The van der Waals surface area contributed by atoms with Gasteiger partial charge in [0.05, 0.1) is 23.2 Å². The van der Waals surface area contributed by atoms with Gasteiger partial charge in [0.2, 0.25) is 0 Å². The van der Waals surface area contributed by atoms with Crippen molar-refractivity contribution in [2.24, 2.45) is 0 Å². The van der Waals surface area contributed by atoms with Crippen LogP contribution in [0.1, 0.15) is 24.4 Å². The van der Waals surface area contributed by atoms with Gasteiger partial charge in [-0.2, -0.15) is 0 Å². The van der Waals surface area contributed by atoms with Gasteiger partial charge in [0.15, 0.2) is 0 Å². The van der Waals surface area contributed by atoms with E-state index in [0.717, 1.165) is 25.3 Å². The third kappa shape index (κ3) is 2.91. The van der Waals surface area contributed by atoms with Crippen LogP contribution in [0, 0.1) is 5.82 Å². The maximum atomic E-state index is 13.9. The van der Waals surface area contributed by atoms with Crippen LogP contribution in [0.2, 0.25) is 0 Å². The van der Waals surface area contributed by atoms with E-state index < -0.39 is 0 Å². The van der Waals surface area contributed by atoms with Crippen molar-refractivity contribution in [2.75, 3.05) is 26.7 Å². The van der Waals surface area contributed by atoms with Gasteiger partial charge in [0, 0.05) is 19.1 Å². The maximum absolute atomic E-state index is 13.9. The molecule has 3 rings (SSSR count). The molecule has 1 N–H and O–H groups in total. The summed E-state index contributed by atoms with van der Waals surface area (Å²) in [5.74, 6) is -0.202. The van der Waals surface area contributed by atoms with E-state index >= 15 is 0 Å². The number of ether oxygens (including phenoxy) is 1. The third-order valence-corrected chi connectivity index (χ3v) is 4.74. The number of benzene rings is 1. The highest BCUT2D eigenvalue weighted by atomic mass is 79.9. The highest BCUT2D eigenvalue weighted by Gasteiger charge is 2.41. The lowest BCUT2D eigenvalue weighted by atomic mass is 9.97. The summed E-state index contributed by atoms with van der Waals surface area (Å²) in [6.45, 7) is 2.48. The van der Waals surface area contributed by atoms with Crippen molar-refractivity contribution >= 4 is 15.9 Å². The Labute approximate surface area is 127 Å². The van der Waals surface area contributed by atoms with Crippen LogP contribution >= 0.6 is 15.9 Å². The topological polar surface area (TPSA) is 24.5 Å². The summed E-state index contributed by atoms with van der Waals surface area (Å²) < 4.78 is 20.3. The molecule has 2 fully saturated rings. The van der Waals surface area contributed by atoms with Crippen molar-refractivity contribution in [1.29, 1.82) is 0 Å². The van der Waals surface area contributed by atoms with E-state index in [1.165, 1.54) is 12.8 Å². The Bertz CT molecular complexity index is 479. The average molecular weight is 343 g/mol. The second-order valence-corrected chi connectivity index (χ2v) is 6.41. The molecular weight excluding hydrogens is 323 g/mol. The molecule has 0 aromatic heterocycles. The maximum Gasteiger partial charge on any atom is 0.137 e. The van der Waals surface area contributed by atoms with Gasteiger partial charge in [-0.25, -0.2) is 4.39 Å². The third-order valence-electron chi connectivity index (χ3n) is 4.10. The number of nitrogens with one attached hydrogen (secondary N) is 1. The van der Waals surface area contributed by atoms with Gasteiger partial charge in [-0.05, 0) is 53.5 Å². The zero-order valence-corrected chi connectivity index (χ0v) is 13.2. The van der Waals surface area contributed by atoms with E-state index in [2.05, 4.69) is 26.1 Å². The summed E-state index contributed by atoms with van der Waals surface area (Å²) >= 11 is 3.22. The molecule has 1 aliphatic heterocycles. The van der Waals surface area contributed by atoms with Crippen LogP contribution in [-0.2, 0) is 4.74 Å². The molecule has 5 heteroatoms. The SMILES string of the molecule is CNCC1OCCN(C2CC2)C1c1ccc(Br)c(F)c1. The molecule has 0 spiro atoms. The molecule has 1 aliphatic carbocycles. The van der Waals surface area contributed by atoms with Crippen molar-refractivity contribution in [2.45, 2.75) is 31.0 Å². The summed E-state index contributed by atoms with van der Waals surface area (Å²) in [6, 6.07) is 6.23. The number of hydrogen-bond acceptors (Lipinski definition) is 3. The first-order valence-electron chi connectivity index (χ1n) is 7.17. The van der Waals surface area contributed by atoms with E-state index in [1.807, 2.05) is 13.1 Å². The van der Waals surface area contributed by atoms with Crippen LogP contribution in [0.4, 0.5) is 4.39 Å². The number of rotatable bonds is 4. The largest absolute Gasteiger partial charge is 0.374 e. The van der Waals surface area contributed by atoms with Gasteiger partial charge in [0.1, 0.15) is 5.82 Å². The Morgan fingerprint density at radius 3 is 2.90 bits per heavy atom. The molecule has 1 aromatic carbocycles. The lowest BCUT2D eigenvalue weighted by Gasteiger charge is -2.42. The van der Waals surface area contributed by atoms with E-state index in [9.17, 15) is 4.39 Å². The average Bonchev–Trinajstić information content (AvgIpc) is 3.27. The first-order valence-corrected chi connectivity index (χ1v) is 7.97. The van der Waals surface area contributed by atoms with Gasteiger partial charge in [-0.15, -0.1) is 0 Å². The molecule has 2 aliphatic rings. The van der Waals surface area contributed by atoms with Crippen LogP contribution < -0.4 is 5.32 Å². The lowest BCUT2D eigenvalue weighted by Crippen LogP contribution is -2.49. The monoisotopic (exact) mass is 342 g/mol. The highest BCUT2D eigenvalue weighted by molar-refractivity contribution is 9.10. The molecule has 0 radical (unpaired) electrons. The van der Waals surface area contributed by atoms with Crippen LogP contribution in [0.3, 0.4) is 0 Å². The molecule has 1 aromatic rings. The number of morpholine rings is 1. The molecule has 0 amide bonds. The van der Waals surface area contributed by atoms with Gasteiger partial charge in [-0.1, -0.05) is 6.07 Å². The predicted molar refractivity (Wildman–Crippen MR) is 80.2 cm³/mol. The molecule has 1 heterocycles. The quantitative estimate of drug-likeness (QED) is 0.910. The van der Waals surface area contributed by atoms with Crippen molar-refractivity contribution in [3.05, 3.63) is 34.1 Å². The van der Waals surface area contributed by atoms with Crippen LogP contribution in [0.15, 0.2) is 22.7 Å². The molecule has 3 nitrogen and oxygen atoms in total. The van der Waals surface area contributed by atoms with Gasteiger partial charge in [-0.3, -0.25) is 4.90 Å². The van der Waals surface area contributed by atoms with Crippen LogP contribution in [0.25, 0.3) is 0 Å².